The van der Waals surface area contributed by atoms with Crippen LogP contribution in [-0.4, -0.2) is 54.7 Å². The Morgan fingerprint density at radius 1 is 1.24 bits per heavy atom. The summed E-state index contributed by atoms with van der Waals surface area (Å²) in [6, 6.07) is 6.93. The van der Waals surface area contributed by atoms with Gasteiger partial charge in [0.05, 0.1) is 10.8 Å². The summed E-state index contributed by atoms with van der Waals surface area (Å²) in [5.41, 5.74) is 1.01. The highest BCUT2D eigenvalue weighted by Crippen LogP contribution is 2.21. The minimum Gasteiger partial charge on any atom is -0.335 e. The second kappa shape index (κ2) is 7.41. The lowest BCUT2D eigenvalue weighted by Gasteiger charge is -2.33. The van der Waals surface area contributed by atoms with Gasteiger partial charge in [0, 0.05) is 36.6 Å². The molecule has 9 heteroatoms. The Morgan fingerprint density at radius 3 is 2.52 bits per heavy atom. The summed E-state index contributed by atoms with van der Waals surface area (Å²) >= 11 is 7.49. The van der Waals surface area contributed by atoms with Crippen molar-refractivity contribution >= 4 is 38.9 Å². The lowest BCUT2D eigenvalue weighted by molar-refractivity contribution is 0.0692. The van der Waals surface area contributed by atoms with Crippen molar-refractivity contribution < 1.29 is 13.2 Å². The highest BCUT2D eigenvalue weighted by atomic mass is 35.5. The van der Waals surface area contributed by atoms with Crippen LogP contribution in [0.1, 0.15) is 21.1 Å². The number of rotatable bonds is 4. The first-order valence-corrected chi connectivity index (χ1v) is 10.7. The summed E-state index contributed by atoms with van der Waals surface area (Å²) in [5, 5.41) is 3.01. The van der Waals surface area contributed by atoms with Crippen LogP contribution >= 0.6 is 22.9 Å². The molecule has 2 aromatic rings. The zero-order valence-electron chi connectivity index (χ0n) is 13.7. The molecule has 1 aromatic carbocycles. The third-order valence-electron chi connectivity index (χ3n) is 4.05. The number of piperazine rings is 1. The molecule has 2 heterocycles. The minimum atomic E-state index is -3.47. The number of nitrogens with zero attached hydrogens (tertiary/aromatic N) is 3. The van der Waals surface area contributed by atoms with Crippen LogP contribution in [0.5, 0.6) is 0 Å². The molecule has 0 radical (unpaired) electrons. The van der Waals surface area contributed by atoms with Crippen LogP contribution < -0.4 is 0 Å². The van der Waals surface area contributed by atoms with Crippen molar-refractivity contribution in [3.05, 3.63) is 50.9 Å². The molecular formula is C16H18ClN3O3S2. The van der Waals surface area contributed by atoms with E-state index in [2.05, 4.69) is 4.98 Å². The SMILES string of the molecule is Cc1nc(C(=O)N2CCN(S(=O)(=O)Cc3ccccc3Cl)CC2)cs1. The van der Waals surface area contributed by atoms with E-state index in [1.54, 1.807) is 34.5 Å². The van der Waals surface area contributed by atoms with E-state index in [0.717, 1.165) is 5.01 Å². The molecule has 1 amide bonds. The predicted molar refractivity (Wildman–Crippen MR) is 98.4 cm³/mol. The fourth-order valence-electron chi connectivity index (χ4n) is 2.70. The first-order valence-electron chi connectivity index (χ1n) is 7.79. The van der Waals surface area contributed by atoms with Crippen LogP contribution in [-0.2, 0) is 15.8 Å². The van der Waals surface area contributed by atoms with Crippen molar-refractivity contribution in [1.29, 1.82) is 0 Å². The Hall–Kier alpha value is -1.48. The fourth-order valence-corrected chi connectivity index (χ4v) is 5.11. The molecule has 1 fully saturated rings. The summed E-state index contributed by atoms with van der Waals surface area (Å²) in [7, 11) is -3.47. The van der Waals surface area contributed by atoms with Gasteiger partial charge in [0.25, 0.3) is 5.91 Å². The van der Waals surface area contributed by atoms with Gasteiger partial charge in [-0.25, -0.2) is 13.4 Å². The third kappa shape index (κ3) is 4.20. The van der Waals surface area contributed by atoms with Crippen molar-refractivity contribution in [3.63, 3.8) is 0 Å². The number of aryl methyl sites for hydroxylation is 1. The summed E-state index contributed by atoms with van der Waals surface area (Å²) < 4.78 is 26.6. The molecule has 1 saturated heterocycles. The lowest BCUT2D eigenvalue weighted by Crippen LogP contribution is -2.50. The van der Waals surface area contributed by atoms with E-state index in [1.807, 2.05) is 6.92 Å². The number of benzene rings is 1. The number of aromatic nitrogens is 1. The molecule has 1 aromatic heterocycles. The highest BCUT2D eigenvalue weighted by Gasteiger charge is 2.30. The standard InChI is InChI=1S/C16H18ClN3O3S2/c1-12-18-15(10-24-12)16(21)19-6-8-20(9-7-19)25(22,23)11-13-4-2-3-5-14(13)17/h2-5,10H,6-9,11H2,1H3. The van der Waals surface area contributed by atoms with Gasteiger partial charge in [0.1, 0.15) is 5.69 Å². The number of carbonyl (C=O) groups excluding carboxylic acids is 1. The van der Waals surface area contributed by atoms with E-state index >= 15 is 0 Å². The summed E-state index contributed by atoms with van der Waals surface area (Å²) in [6.45, 7) is 3.12. The monoisotopic (exact) mass is 399 g/mol. The van der Waals surface area contributed by atoms with Crippen molar-refractivity contribution in [2.24, 2.45) is 0 Å². The van der Waals surface area contributed by atoms with E-state index < -0.39 is 10.0 Å². The summed E-state index contributed by atoms with van der Waals surface area (Å²) in [6.07, 6.45) is 0. The number of carbonyl (C=O) groups is 1. The lowest BCUT2D eigenvalue weighted by atomic mass is 10.2. The Morgan fingerprint density at radius 2 is 1.92 bits per heavy atom. The van der Waals surface area contributed by atoms with Crippen LogP contribution in [0.15, 0.2) is 29.6 Å². The van der Waals surface area contributed by atoms with Crippen molar-refractivity contribution in [3.8, 4) is 0 Å². The number of sulfonamides is 1. The van der Waals surface area contributed by atoms with E-state index in [0.29, 0.717) is 29.4 Å². The van der Waals surface area contributed by atoms with Crippen LogP contribution in [0.25, 0.3) is 0 Å². The number of hydrogen-bond donors (Lipinski definition) is 0. The molecule has 0 aliphatic carbocycles. The van der Waals surface area contributed by atoms with E-state index in [1.165, 1.54) is 15.6 Å². The smallest absolute Gasteiger partial charge is 0.273 e. The largest absolute Gasteiger partial charge is 0.335 e. The number of thiazole rings is 1. The Labute approximate surface area is 156 Å². The number of hydrogen-bond acceptors (Lipinski definition) is 5. The third-order valence-corrected chi connectivity index (χ3v) is 7.02. The molecule has 134 valence electrons. The number of amides is 1. The second-order valence-corrected chi connectivity index (χ2v) is 9.23. The zero-order valence-corrected chi connectivity index (χ0v) is 16.1. The first kappa shape index (κ1) is 18.3. The molecule has 0 N–H and O–H groups in total. The molecule has 3 rings (SSSR count). The average molecular weight is 400 g/mol. The Bertz CT molecular complexity index is 874. The molecule has 25 heavy (non-hydrogen) atoms. The molecule has 1 aliphatic rings. The van der Waals surface area contributed by atoms with Crippen LogP contribution in [0, 0.1) is 6.92 Å². The Kier molecular flexibility index (Phi) is 5.43. The summed E-state index contributed by atoms with van der Waals surface area (Å²) in [4.78, 5) is 18.2. The van der Waals surface area contributed by atoms with Gasteiger partial charge in [-0.2, -0.15) is 4.31 Å². The molecule has 0 saturated carbocycles. The topological polar surface area (TPSA) is 70.6 Å². The van der Waals surface area contributed by atoms with Crippen LogP contribution in [0.3, 0.4) is 0 Å². The van der Waals surface area contributed by atoms with Gasteiger partial charge < -0.3 is 4.90 Å². The highest BCUT2D eigenvalue weighted by molar-refractivity contribution is 7.88. The van der Waals surface area contributed by atoms with Gasteiger partial charge in [0.2, 0.25) is 10.0 Å². The zero-order chi connectivity index (χ0) is 18.0. The maximum Gasteiger partial charge on any atom is 0.273 e. The van der Waals surface area contributed by atoms with E-state index in [9.17, 15) is 13.2 Å². The maximum absolute atomic E-state index is 12.6. The van der Waals surface area contributed by atoms with Gasteiger partial charge in [-0.1, -0.05) is 29.8 Å². The van der Waals surface area contributed by atoms with Gasteiger partial charge in [-0.3, -0.25) is 4.79 Å². The molecule has 0 spiro atoms. The normalized spacial score (nSPS) is 16.2. The molecule has 0 bridgehead atoms. The van der Waals surface area contributed by atoms with Gasteiger partial charge in [-0.05, 0) is 18.6 Å². The van der Waals surface area contributed by atoms with E-state index in [4.69, 9.17) is 11.6 Å². The van der Waals surface area contributed by atoms with Crippen LogP contribution in [0.2, 0.25) is 5.02 Å². The molecule has 6 nitrogen and oxygen atoms in total. The van der Waals surface area contributed by atoms with Gasteiger partial charge in [-0.15, -0.1) is 11.3 Å². The van der Waals surface area contributed by atoms with Crippen molar-refractivity contribution in [2.45, 2.75) is 12.7 Å². The van der Waals surface area contributed by atoms with E-state index in [-0.39, 0.29) is 24.7 Å². The molecule has 1 aliphatic heterocycles. The minimum absolute atomic E-state index is 0.133. The summed E-state index contributed by atoms with van der Waals surface area (Å²) in [5.74, 6) is -0.279. The Balaban J connectivity index is 1.63. The fraction of sp³-hybridized carbons (Fsp3) is 0.375. The van der Waals surface area contributed by atoms with Crippen LogP contribution in [0.4, 0.5) is 0 Å². The molecule has 0 atom stereocenters. The average Bonchev–Trinajstić information content (AvgIpc) is 3.03. The van der Waals surface area contributed by atoms with Crippen molar-refractivity contribution in [1.82, 2.24) is 14.2 Å². The second-order valence-electron chi connectivity index (χ2n) is 5.79. The van der Waals surface area contributed by atoms with Gasteiger partial charge >= 0.3 is 0 Å². The van der Waals surface area contributed by atoms with Gasteiger partial charge in [0.15, 0.2) is 0 Å². The first-order chi connectivity index (χ1) is 11.9. The molecule has 0 unspecified atom stereocenters. The maximum atomic E-state index is 12.6. The number of halogens is 1. The van der Waals surface area contributed by atoms with Crippen molar-refractivity contribution in [2.75, 3.05) is 26.2 Å². The quantitative estimate of drug-likeness (QED) is 0.791. The predicted octanol–water partition coefficient (Wildman–Crippen LogP) is 2.39. The molecular weight excluding hydrogens is 382 g/mol.